The van der Waals surface area contributed by atoms with E-state index in [4.69, 9.17) is 32.7 Å². The van der Waals surface area contributed by atoms with E-state index >= 15 is 0 Å². The number of amides is 1. The lowest BCUT2D eigenvalue weighted by Crippen LogP contribution is -2.19. The van der Waals surface area contributed by atoms with Gasteiger partial charge in [0.05, 0.1) is 31.7 Å². The molecule has 0 atom stereocenters. The molecule has 1 amide bonds. The Morgan fingerprint density at radius 3 is 2.63 bits per heavy atom. The van der Waals surface area contributed by atoms with E-state index in [1.807, 2.05) is 31.2 Å². The van der Waals surface area contributed by atoms with E-state index in [9.17, 15) is 4.79 Å². The van der Waals surface area contributed by atoms with Crippen LogP contribution in [0.4, 0.5) is 5.69 Å². The Morgan fingerprint density at radius 1 is 1.00 bits per heavy atom. The molecule has 0 aliphatic carbocycles. The van der Waals surface area contributed by atoms with Crippen LogP contribution in [0.5, 0.6) is 11.5 Å². The topological polar surface area (TPSA) is 59.9 Å². The quantitative estimate of drug-likeness (QED) is 0.208. The summed E-state index contributed by atoms with van der Waals surface area (Å²) >= 11 is 17.2. The Labute approximate surface area is 243 Å². The van der Waals surface area contributed by atoms with Crippen LogP contribution in [0.25, 0.3) is 16.8 Å². The number of rotatable bonds is 7. The second kappa shape index (κ2) is 11.8. The van der Waals surface area contributed by atoms with Gasteiger partial charge in [-0.3, -0.25) is 4.79 Å². The molecule has 0 bridgehead atoms. The number of aliphatic imine (C=N–C) groups is 1. The van der Waals surface area contributed by atoms with Crippen LogP contribution < -0.4 is 14.8 Å². The lowest BCUT2D eigenvalue weighted by atomic mass is 10.1. The maximum atomic E-state index is 12.6. The molecule has 1 aliphatic heterocycles. The maximum absolute atomic E-state index is 12.6. The number of nitrogens with zero attached hydrogens (tertiary/aromatic N) is 1. The van der Waals surface area contributed by atoms with E-state index in [0.29, 0.717) is 50.5 Å². The molecule has 4 aromatic carbocycles. The van der Waals surface area contributed by atoms with Crippen LogP contribution in [0.2, 0.25) is 10.0 Å². The van der Waals surface area contributed by atoms with Crippen LogP contribution in [0.15, 0.2) is 87.2 Å². The summed E-state index contributed by atoms with van der Waals surface area (Å²) in [5.74, 6) is 0.929. The summed E-state index contributed by atoms with van der Waals surface area (Å²) in [4.78, 5) is 17.6. The molecule has 9 heteroatoms. The third-order valence-electron chi connectivity index (χ3n) is 5.63. The smallest absolute Gasteiger partial charge is 0.264 e. The highest BCUT2D eigenvalue weighted by molar-refractivity contribution is 9.10. The van der Waals surface area contributed by atoms with E-state index in [1.54, 1.807) is 24.3 Å². The van der Waals surface area contributed by atoms with Gasteiger partial charge in [0.1, 0.15) is 6.61 Å². The molecule has 4 aromatic rings. The van der Waals surface area contributed by atoms with Gasteiger partial charge in [0, 0.05) is 0 Å². The maximum Gasteiger partial charge on any atom is 0.264 e. The van der Waals surface area contributed by atoms with E-state index in [2.05, 4.69) is 56.6 Å². The Kier molecular flexibility index (Phi) is 8.29. The summed E-state index contributed by atoms with van der Waals surface area (Å²) in [5.41, 5.74) is 2.31. The van der Waals surface area contributed by atoms with Gasteiger partial charge in [-0.25, -0.2) is 4.99 Å². The molecular formula is C29H21BrCl2N2O3S. The first-order valence-electron chi connectivity index (χ1n) is 11.7. The number of nitrogens with one attached hydrogen (secondary N) is 1. The molecule has 5 rings (SSSR count). The van der Waals surface area contributed by atoms with Gasteiger partial charge in [-0.1, -0.05) is 65.7 Å². The first kappa shape index (κ1) is 26.6. The first-order chi connectivity index (χ1) is 18.4. The van der Waals surface area contributed by atoms with Crippen molar-refractivity contribution in [3.8, 4) is 11.5 Å². The number of amidine groups is 1. The minimum atomic E-state index is -0.252. The molecule has 192 valence electrons. The molecule has 38 heavy (non-hydrogen) atoms. The molecule has 5 nitrogen and oxygen atoms in total. The number of benzene rings is 4. The zero-order chi connectivity index (χ0) is 26.6. The highest BCUT2D eigenvalue weighted by atomic mass is 79.9. The number of halogens is 3. The fourth-order valence-corrected chi connectivity index (χ4v) is 5.63. The van der Waals surface area contributed by atoms with Crippen LogP contribution in [0, 0.1) is 0 Å². The third-order valence-corrected chi connectivity index (χ3v) is 7.94. The van der Waals surface area contributed by atoms with E-state index < -0.39 is 0 Å². The SMILES string of the molecule is CCOc1cc(/C=C2/SC(=Nc3cccc(Cl)c3Cl)NC2=O)cc(Br)c1OCc1ccc2ccccc2c1. The minimum Gasteiger partial charge on any atom is -0.490 e. The molecule has 1 N–H and O–H groups in total. The van der Waals surface area contributed by atoms with Gasteiger partial charge in [0.25, 0.3) is 5.91 Å². The highest BCUT2D eigenvalue weighted by Gasteiger charge is 2.25. The molecule has 1 aliphatic rings. The lowest BCUT2D eigenvalue weighted by Gasteiger charge is -2.15. The lowest BCUT2D eigenvalue weighted by molar-refractivity contribution is -0.115. The number of ether oxygens (including phenoxy) is 2. The summed E-state index contributed by atoms with van der Waals surface area (Å²) in [7, 11) is 0. The summed E-state index contributed by atoms with van der Waals surface area (Å²) in [6.07, 6.45) is 1.78. The predicted molar refractivity (Wildman–Crippen MR) is 161 cm³/mol. The van der Waals surface area contributed by atoms with Gasteiger partial charge >= 0.3 is 0 Å². The summed E-state index contributed by atoms with van der Waals surface area (Å²) in [6.45, 7) is 2.76. The number of fused-ring (bicyclic) bond motifs is 1. The molecule has 1 saturated heterocycles. The first-order valence-corrected chi connectivity index (χ1v) is 14.1. The van der Waals surface area contributed by atoms with Gasteiger partial charge < -0.3 is 14.8 Å². The van der Waals surface area contributed by atoms with E-state index in [0.717, 1.165) is 21.0 Å². The van der Waals surface area contributed by atoms with Crippen LogP contribution >= 0.6 is 50.9 Å². The van der Waals surface area contributed by atoms with Crippen LogP contribution in [0.1, 0.15) is 18.1 Å². The van der Waals surface area contributed by atoms with Gasteiger partial charge in [-0.2, -0.15) is 0 Å². The number of hydrogen-bond acceptors (Lipinski definition) is 5. The highest BCUT2D eigenvalue weighted by Crippen LogP contribution is 2.39. The molecule has 0 radical (unpaired) electrons. The normalized spacial score (nSPS) is 15.3. The van der Waals surface area contributed by atoms with E-state index in [1.165, 1.54) is 17.1 Å². The zero-order valence-electron chi connectivity index (χ0n) is 20.1. The van der Waals surface area contributed by atoms with Gasteiger partial charge in [0.2, 0.25) is 0 Å². The average Bonchev–Trinajstić information content (AvgIpc) is 3.24. The van der Waals surface area contributed by atoms with Crippen molar-refractivity contribution >= 4 is 84.5 Å². The predicted octanol–water partition coefficient (Wildman–Crippen LogP) is 8.78. The monoisotopic (exact) mass is 626 g/mol. The van der Waals surface area contributed by atoms with Crippen LogP contribution in [-0.2, 0) is 11.4 Å². The summed E-state index contributed by atoms with van der Waals surface area (Å²) in [5, 5.41) is 6.27. The van der Waals surface area contributed by atoms with Crippen molar-refractivity contribution in [1.82, 2.24) is 5.32 Å². The number of carbonyl (C=O) groups is 1. The molecule has 0 spiro atoms. The molecule has 1 fully saturated rings. The second-order valence-corrected chi connectivity index (χ2v) is 11.0. The van der Waals surface area contributed by atoms with Gasteiger partial charge in [-0.15, -0.1) is 0 Å². The van der Waals surface area contributed by atoms with Gasteiger partial charge in [-0.05, 0) is 92.9 Å². The fraction of sp³-hybridized carbons (Fsp3) is 0.103. The summed E-state index contributed by atoms with van der Waals surface area (Å²) in [6, 6.07) is 23.4. The molecule has 1 heterocycles. The van der Waals surface area contributed by atoms with Crippen molar-refractivity contribution in [2.75, 3.05) is 6.61 Å². The van der Waals surface area contributed by atoms with Crippen LogP contribution in [0.3, 0.4) is 0 Å². The van der Waals surface area contributed by atoms with Crippen molar-refractivity contribution < 1.29 is 14.3 Å². The van der Waals surface area contributed by atoms with E-state index in [-0.39, 0.29) is 5.91 Å². The number of carbonyl (C=O) groups excluding carboxylic acids is 1. The van der Waals surface area contributed by atoms with Crippen molar-refractivity contribution in [2.24, 2.45) is 4.99 Å². The van der Waals surface area contributed by atoms with Crippen molar-refractivity contribution in [3.63, 3.8) is 0 Å². The molecule has 0 aromatic heterocycles. The molecule has 0 unspecified atom stereocenters. The van der Waals surface area contributed by atoms with Crippen molar-refractivity contribution in [3.05, 3.63) is 103 Å². The third kappa shape index (κ3) is 6.02. The van der Waals surface area contributed by atoms with Crippen molar-refractivity contribution in [1.29, 1.82) is 0 Å². The van der Waals surface area contributed by atoms with Crippen LogP contribution in [-0.4, -0.2) is 17.7 Å². The summed E-state index contributed by atoms with van der Waals surface area (Å²) < 4.78 is 12.8. The zero-order valence-corrected chi connectivity index (χ0v) is 24.0. The largest absolute Gasteiger partial charge is 0.490 e. The standard InChI is InChI=1S/C29H21BrCl2N2O3S/c1-2-36-24-14-18(15-25-28(35)34-29(38-25)33-23-9-5-8-22(31)26(23)32)13-21(30)27(24)37-16-17-10-11-19-6-3-4-7-20(19)12-17/h3-15H,2,16H2,1H3,(H,33,34,35)/b25-15+. The molecule has 0 saturated carbocycles. The number of thioether (sulfide) groups is 1. The Bertz CT molecular complexity index is 1610. The number of hydrogen-bond donors (Lipinski definition) is 1. The Morgan fingerprint density at radius 2 is 1.82 bits per heavy atom. The van der Waals surface area contributed by atoms with Gasteiger partial charge in [0.15, 0.2) is 16.7 Å². The van der Waals surface area contributed by atoms with Crippen molar-refractivity contribution in [2.45, 2.75) is 13.5 Å². The average molecular weight is 628 g/mol. The minimum absolute atomic E-state index is 0.252. The Balaban J connectivity index is 1.37. The Hall–Kier alpha value is -2.97. The molecular weight excluding hydrogens is 607 g/mol. The second-order valence-electron chi connectivity index (χ2n) is 8.29. The fourth-order valence-electron chi connectivity index (χ4n) is 3.88.